The third kappa shape index (κ3) is 5.20. The smallest absolute Gasteiger partial charge is 0.253 e. The van der Waals surface area contributed by atoms with Gasteiger partial charge in [0.15, 0.2) is 0 Å². The van der Waals surface area contributed by atoms with E-state index in [1.165, 1.54) is 18.2 Å². The van der Waals surface area contributed by atoms with Crippen LogP contribution in [-0.2, 0) is 10.0 Å². The lowest BCUT2D eigenvalue weighted by Crippen LogP contribution is -2.35. The average molecular weight is 430 g/mol. The molecule has 7 nitrogen and oxygen atoms in total. The molecule has 1 N–H and O–H groups in total. The summed E-state index contributed by atoms with van der Waals surface area (Å²) in [5.74, 6) is 0.727. The van der Waals surface area contributed by atoms with Gasteiger partial charge in [0.2, 0.25) is 10.0 Å². The second kappa shape index (κ2) is 9.77. The summed E-state index contributed by atoms with van der Waals surface area (Å²) in [6.07, 6.45) is 2.33. The molecule has 0 spiro atoms. The van der Waals surface area contributed by atoms with Crippen LogP contribution in [0.25, 0.3) is 0 Å². The summed E-state index contributed by atoms with van der Waals surface area (Å²) in [4.78, 5) is 17.1. The van der Waals surface area contributed by atoms with Gasteiger partial charge < -0.3 is 14.5 Å². The van der Waals surface area contributed by atoms with Gasteiger partial charge in [-0.2, -0.15) is 0 Å². The number of nitrogens with zero attached hydrogens (tertiary/aromatic N) is 2. The Morgan fingerprint density at radius 3 is 2.40 bits per heavy atom. The summed E-state index contributed by atoms with van der Waals surface area (Å²) in [5.41, 5.74) is 1.59. The van der Waals surface area contributed by atoms with Gasteiger partial charge in [-0.3, -0.25) is 4.79 Å². The van der Waals surface area contributed by atoms with Crippen molar-refractivity contribution in [1.29, 1.82) is 0 Å². The Kier molecular flexibility index (Phi) is 7.12. The second-order valence-electron chi connectivity index (χ2n) is 7.00. The molecule has 1 aliphatic rings. The maximum Gasteiger partial charge on any atom is 0.253 e. The standard InChI is InChI=1S/C22H27N3O4S/c1-3-13-23-30(27,28)21-11-5-18(6-12-21)22(26)25-15-4-14-24(16-17-25)19-7-9-20(29-2)10-8-19/h3,5-12,23H,1,4,13-17H2,2H3. The lowest BCUT2D eigenvalue weighted by molar-refractivity contribution is 0.0767. The highest BCUT2D eigenvalue weighted by Gasteiger charge is 2.21. The van der Waals surface area contributed by atoms with Crippen LogP contribution in [-0.4, -0.2) is 59.1 Å². The highest BCUT2D eigenvalue weighted by molar-refractivity contribution is 7.89. The van der Waals surface area contributed by atoms with Crippen molar-refractivity contribution in [2.45, 2.75) is 11.3 Å². The number of ether oxygens (including phenoxy) is 1. The highest BCUT2D eigenvalue weighted by Crippen LogP contribution is 2.21. The normalized spacial score (nSPS) is 14.8. The molecule has 160 valence electrons. The first-order valence-corrected chi connectivity index (χ1v) is 11.3. The van der Waals surface area contributed by atoms with Crippen molar-refractivity contribution in [3.63, 3.8) is 0 Å². The molecule has 8 heteroatoms. The number of carbonyl (C=O) groups is 1. The Balaban J connectivity index is 1.65. The molecule has 30 heavy (non-hydrogen) atoms. The number of rotatable bonds is 7. The number of hydrogen-bond acceptors (Lipinski definition) is 5. The van der Waals surface area contributed by atoms with Crippen molar-refractivity contribution >= 4 is 21.6 Å². The number of hydrogen-bond donors (Lipinski definition) is 1. The second-order valence-corrected chi connectivity index (χ2v) is 8.76. The first kappa shape index (κ1) is 21.9. The minimum absolute atomic E-state index is 0.0884. The number of benzene rings is 2. The highest BCUT2D eigenvalue weighted by atomic mass is 32.2. The number of amides is 1. The summed E-state index contributed by atoms with van der Waals surface area (Å²) < 4.78 is 32.0. The zero-order valence-corrected chi connectivity index (χ0v) is 17.9. The molecule has 0 saturated carbocycles. The third-order valence-corrected chi connectivity index (χ3v) is 6.49. The molecule has 1 aliphatic heterocycles. The number of methoxy groups -OCH3 is 1. The van der Waals surface area contributed by atoms with Crippen LogP contribution in [0.15, 0.2) is 66.1 Å². The molecule has 1 amide bonds. The maximum atomic E-state index is 12.9. The molecule has 0 unspecified atom stereocenters. The Bertz CT molecular complexity index is 972. The molecule has 1 fully saturated rings. The third-order valence-electron chi connectivity index (χ3n) is 5.05. The first-order valence-electron chi connectivity index (χ1n) is 9.83. The van der Waals surface area contributed by atoms with Gasteiger partial charge >= 0.3 is 0 Å². The van der Waals surface area contributed by atoms with Gasteiger partial charge in [-0.15, -0.1) is 6.58 Å². The zero-order valence-electron chi connectivity index (χ0n) is 17.1. The molecular weight excluding hydrogens is 402 g/mol. The Hall–Kier alpha value is -2.84. The minimum atomic E-state index is -3.60. The molecule has 0 bridgehead atoms. The maximum absolute atomic E-state index is 12.9. The van der Waals surface area contributed by atoms with Crippen LogP contribution in [0.1, 0.15) is 16.8 Å². The predicted molar refractivity (Wildman–Crippen MR) is 118 cm³/mol. The van der Waals surface area contributed by atoms with Gasteiger partial charge in [-0.05, 0) is 55.0 Å². The van der Waals surface area contributed by atoms with E-state index >= 15 is 0 Å². The molecule has 0 aliphatic carbocycles. The van der Waals surface area contributed by atoms with E-state index < -0.39 is 10.0 Å². The van der Waals surface area contributed by atoms with Crippen LogP contribution in [0.5, 0.6) is 5.75 Å². The van der Waals surface area contributed by atoms with Crippen molar-refractivity contribution in [3.05, 3.63) is 66.7 Å². The lowest BCUT2D eigenvalue weighted by Gasteiger charge is -2.24. The van der Waals surface area contributed by atoms with Gasteiger partial charge in [-0.1, -0.05) is 6.08 Å². The van der Waals surface area contributed by atoms with E-state index in [1.54, 1.807) is 19.2 Å². The number of sulfonamides is 1. The summed E-state index contributed by atoms with van der Waals surface area (Å²) in [6.45, 7) is 6.51. The fourth-order valence-corrected chi connectivity index (χ4v) is 4.38. The van der Waals surface area contributed by atoms with Crippen LogP contribution < -0.4 is 14.4 Å². The van der Waals surface area contributed by atoms with Crippen molar-refractivity contribution in [1.82, 2.24) is 9.62 Å². The van der Waals surface area contributed by atoms with Crippen LogP contribution in [0.4, 0.5) is 5.69 Å². The van der Waals surface area contributed by atoms with Crippen LogP contribution in [0.3, 0.4) is 0 Å². The molecule has 0 radical (unpaired) electrons. The zero-order chi connectivity index (χ0) is 21.6. The molecular formula is C22H27N3O4S. The minimum Gasteiger partial charge on any atom is -0.497 e. The monoisotopic (exact) mass is 429 g/mol. The van der Waals surface area contributed by atoms with E-state index in [2.05, 4.69) is 16.2 Å². The van der Waals surface area contributed by atoms with Crippen molar-refractivity contribution in [3.8, 4) is 5.75 Å². The fraction of sp³-hybridized carbons (Fsp3) is 0.318. The van der Waals surface area contributed by atoms with Gasteiger partial charge in [0.1, 0.15) is 5.75 Å². The summed E-state index contributed by atoms with van der Waals surface area (Å²) >= 11 is 0. The predicted octanol–water partition coefficient (Wildman–Crippen LogP) is 2.51. The first-order chi connectivity index (χ1) is 14.4. The Morgan fingerprint density at radius 2 is 1.77 bits per heavy atom. The summed E-state index contributed by atoms with van der Waals surface area (Å²) in [7, 11) is -1.96. The average Bonchev–Trinajstić information content (AvgIpc) is 3.04. The topological polar surface area (TPSA) is 79.0 Å². The molecule has 0 atom stereocenters. The van der Waals surface area contributed by atoms with Gasteiger partial charge in [0, 0.05) is 44.0 Å². The van der Waals surface area contributed by atoms with Crippen LogP contribution in [0, 0.1) is 0 Å². The quantitative estimate of drug-likeness (QED) is 0.685. The molecule has 2 aromatic rings. The van der Waals surface area contributed by atoms with Crippen LogP contribution >= 0.6 is 0 Å². The van der Waals surface area contributed by atoms with Gasteiger partial charge in [0.05, 0.1) is 12.0 Å². The van der Waals surface area contributed by atoms with E-state index in [0.29, 0.717) is 18.7 Å². The van der Waals surface area contributed by atoms with Gasteiger partial charge in [-0.25, -0.2) is 13.1 Å². The van der Waals surface area contributed by atoms with E-state index in [1.807, 2.05) is 29.2 Å². The van der Waals surface area contributed by atoms with E-state index in [9.17, 15) is 13.2 Å². The van der Waals surface area contributed by atoms with Crippen molar-refractivity contribution in [2.24, 2.45) is 0 Å². The molecule has 1 heterocycles. The van der Waals surface area contributed by atoms with Crippen LogP contribution in [0.2, 0.25) is 0 Å². The lowest BCUT2D eigenvalue weighted by atomic mass is 10.2. The molecule has 1 saturated heterocycles. The molecule has 0 aromatic heterocycles. The largest absolute Gasteiger partial charge is 0.497 e. The number of anilines is 1. The molecule has 2 aromatic carbocycles. The number of carbonyl (C=O) groups excluding carboxylic acids is 1. The Morgan fingerprint density at radius 1 is 1.07 bits per heavy atom. The fourth-order valence-electron chi connectivity index (χ4n) is 3.38. The Labute approximate surface area is 178 Å². The molecule has 3 rings (SSSR count). The van der Waals surface area contributed by atoms with E-state index in [-0.39, 0.29) is 17.3 Å². The summed E-state index contributed by atoms with van der Waals surface area (Å²) in [5, 5.41) is 0. The number of nitrogens with one attached hydrogen (secondary N) is 1. The van der Waals surface area contributed by atoms with Crippen molar-refractivity contribution in [2.75, 3.05) is 44.7 Å². The van der Waals surface area contributed by atoms with E-state index in [0.717, 1.165) is 30.9 Å². The van der Waals surface area contributed by atoms with E-state index in [4.69, 9.17) is 4.74 Å². The van der Waals surface area contributed by atoms with Gasteiger partial charge in [0.25, 0.3) is 5.91 Å². The SMILES string of the molecule is C=CCNS(=O)(=O)c1ccc(C(=O)N2CCCN(c3ccc(OC)cc3)CC2)cc1. The summed E-state index contributed by atoms with van der Waals surface area (Å²) in [6, 6.07) is 14.0. The van der Waals surface area contributed by atoms with Crippen molar-refractivity contribution < 1.29 is 17.9 Å².